The molecule has 0 aromatic carbocycles. The van der Waals surface area contributed by atoms with Crippen molar-refractivity contribution >= 4 is 17.7 Å². The van der Waals surface area contributed by atoms with E-state index in [9.17, 15) is 14.4 Å². The summed E-state index contributed by atoms with van der Waals surface area (Å²) in [4.78, 5) is 36.5. The second kappa shape index (κ2) is 5.40. The van der Waals surface area contributed by atoms with E-state index in [1.54, 1.807) is 13.8 Å². The van der Waals surface area contributed by atoms with Crippen LogP contribution in [0.15, 0.2) is 11.8 Å². The molecule has 1 saturated heterocycles. The predicted octanol–water partition coefficient (Wildman–Crippen LogP) is -0.575. The molecule has 0 radical (unpaired) electrons. The van der Waals surface area contributed by atoms with Crippen LogP contribution in [0.25, 0.3) is 0 Å². The third-order valence-electron chi connectivity index (χ3n) is 2.43. The molecule has 1 amide bonds. The van der Waals surface area contributed by atoms with E-state index in [0.717, 1.165) is 6.08 Å². The van der Waals surface area contributed by atoms with Crippen molar-refractivity contribution in [3.05, 3.63) is 11.8 Å². The quantitative estimate of drug-likeness (QED) is 0.418. The number of nitrogens with one attached hydrogen (secondary N) is 1. The van der Waals surface area contributed by atoms with Gasteiger partial charge >= 0.3 is 5.97 Å². The molecular formula is C12H18N2O5. The Bertz CT molecular complexity index is 439. The van der Waals surface area contributed by atoms with Crippen molar-refractivity contribution in [1.29, 1.82) is 0 Å². The predicted molar refractivity (Wildman–Crippen MR) is 65.9 cm³/mol. The van der Waals surface area contributed by atoms with E-state index < -0.39 is 29.5 Å². The van der Waals surface area contributed by atoms with E-state index in [1.807, 2.05) is 0 Å². The number of carbonyl (C=O) groups is 3. The zero-order valence-electron chi connectivity index (χ0n) is 11.6. The molecule has 1 heterocycles. The number of cyclic esters (lactones) is 1. The monoisotopic (exact) mass is 270 g/mol. The molecule has 0 aromatic rings. The van der Waals surface area contributed by atoms with Gasteiger partial charge in [0.05, 0.1) is 0 Å². The van der Waals surface area contributed by atoms with Gasteiger partial charge in [0.1, 0.15) is 0 Å². The molecule has 1 aliphatic heterocycles. The smallest absolute Gasteiger partial charge is 0.377 e. The summed E-state index contributed by atoms with van der Waals surface area (Å²) in [6.45, 7) is 3.10. The Balaban J connectivity index is 2.89. The first-order chi connectivity index (χ1) is 8.68. The van der Waals surface area contributed by atoms with Crippen LogP contribution in [0.3, 0.4) is 0 Å². The van der Waals surface area contributed by atoms with Gasteiger partial charge in [-0.25, -0.2) is 4.79 Å². The highest BCUT2D eigenvalue weighted by Crippen LogP contribution is 2.26. The van der Waals surface area contributed by atoms with Crippen LogP contribution in [0, 0.1) is 0 Å². The summed E-state index contributed by atoms with van der Waals surface area (Å²) in [5, 5.41) is 2.60. The standard InChI is InChI=1S/C12H18N2O5/c1-12(2)18-8(11(17)19-12)6-7(15)9(13-3)10(16)14(4)5/h6,9,13H,1-5H3/b8-6-. The third kappa shape index (κ3) is 3.54. The Morgan fingerprint density at radius 1 is 1.32 bits per heavy atom. The van der Waals surface area contributed by atoms with Crippen molar-refractivity contribution in [3.63, 3.8) is 0 Å². The second-order valence-electron chi connectivity index (χ2n) is 4.76. The number of esters is 1. The molecule has 0 aromatic heterocycles. The zero-order valence-corrected chi connectivity index (χ0v) is 11.6. The van der Waals surface area contributed by atoms with Gasteiger partial charge in [-0.2, -0.15) is 0 Å². The van der Waals surface area contributed by atoms with E-state index in [2.05, 4.69) is 5.32 Å². The highest BCUT2D eigenvalue weighted by atomic mass is 16.8. The van der Waals surface area contributed by atoms with Gasteiger partial charge in [-0.1, -0.05) is 0 Å². The fourth-order valence-electron chi connectivity index (χ4n) is 1.55. The first-order valence-corrected chi connectivity index (χ1v) is 5.74. The molecule has 19 heavy (non-hydrogen) atoms. The summed E-state index contributed by atoms with van der Waals surface area (Å²) < 4.78 is 10.1. The molecule has 0 spiro atoms. The SMILES string of the molecule is CNC(C(=O)/C=C1\OC(C)(C)OC1=O)C(=O)N(C)C. The maximum absolute atomic E-state index is 12.0. The number of nitrogens with zero attached hydrogens (tertiary/aromatic N) is 1. The Morgan fingerprint density at radius 3 is 2.26 bits per heavy atom. The fraction of sp³-hybridized carbons (Fsp3) is 0.583. The van der Waals surface area contributed by atoms with Crippen molar-refractivity contribution in [3.8, 4) is 0 Å². The molecule has 0 saturated carbocycles. The Kier molecular flexibility index (Phi) is 4.31. The summed E-state index contributed by atoms with van der Waals surface area (Å²) in [5.41, 5.74) is 0. The summed E-state index contributed by atoms with van der Waals surface area (Å²) in [7, 11) is 4.56. The van der Waals surface area contributed by atoms with Crippen molar-refractivity contribution in [2.75, 3.05) is 21.1 Å². The minimum atomic E-state index is -1.09. The Labute approximate surface area is 111 Å². The van der Waals surface area contributed by atoms with E-state index in [4.69, 9.17) is 9.47 Å². The van der Waals surface area contributed by atoms with E-state index in [0.29, 0.717) is 0 Å². The highest BCUT2D eigenvalue weighted by Gasteiger charge is 2.38. The molecule has 1 unspecified atom stereocenters. The summed E-state index contributed by atoms with van der Waals surface area (Å²) in [5.74, 6) is -2.97. The lowest BCUT2D eigenvalue weighted by Crippen LogP contribution is -2.46. The maximum atomic E-state index is 12.0. The van der Waals surface area contributed by atoms with Crippen LogP contribution in [0.2, 0.25) is 0 Å². The van der Waals surface area contributed by atoms with Crippen molar-refractivity contribution in [2.45, 2.75) is 25.7 Å². The summed E-state index contributed by atoms with van der Waals surface area (Å²) >= 11 is 0. The third-order valence-corrected chi connectivity index (χ3v) is 2.43. The van der Waals surface area contributed by atoms with Crippen LogP contribution in [-0.4, -0.2) is 55.5 Å². The first kappa shape index (κ1) is 15.2. The molecule has 7 heteroatoms. The number of hydrogen-bond donors (Lipinski definition) is 1. The van der Waals surface area contributed by atoms with Gasteiger partial charge in [0.15, 0.2) is 11.8 Å². The number of rotatable bonds is 4. The average molecular weight is 270 g/mol. The Morgan fingerprint density at radius 2 is 1.89 bits per heavy atom. The molecule has 1 N–H and O–H groups in total. The van der Waals surface area contributed by atoms with E-state index >= 15 is 0 Å². The van der Waals surface area contributed by atoms with Crippen LogP contribution in [0.5, 0.6) is 0 Å². The lowest BCUT2D eigenvalue weighted by molar-refractivity contribution is -0.159. The van der Waals surface area contributed by atoms with Crippen LogP contribution in [0.4, 0.5) is 0 Å². The molecule has 1 aliphatic rings. The molecule has 1 rings (SSSR count). The second-order valence-corrected chi connectivity index (χ2v) is 4.76. The summed E-state index contributed by atoms with van der Waals surface area (Å²) in [6, 6.07) is -1.05. The van der Waals surface area contributed by atoms with Crippen molar-refractivity contribution in [2.24, 2.45) is 0 Å². The minimum absolute atomic E-state index is 0.193. The normalized spacial score (nSPS) is 20.7. The number of amides is 1. The number of hydrogen-bond acceptors (Lipinski definition) is 6. The number of ether oxygens (including phenoxy) is 2. The fourth-order valence-corrected chi connectivity index (χ4v) is 1.55. The van der Waals surface area contributed by atoms with E-state index in [-0.39, 0.29) is 5.76 Å². The van der Waals surface area contributed by atoms with Gasteiger partial charge in [0, 0.05) is 34.0 Å². The maximum Gasteiger partial charge on any atom is 0.377 e. The van der Waals surface area contributed by atoms with Gasteiger partial charge in [-0.15, -0.1) is 0 Å². The van der Waals surface area contributed by atoms with Crippen molar-refractivity contribution < 1.29 is 23.9 Å². The molecule has 7 nitrogen and oxygen atoms in total. The van der Waals surface area contributed by atoms with Gasteiger partial charge < -0.3 is 19.7 Å². The lowest BCUT2D eigenvalue weighted by atomic mass is 10.1. The first-order valence-electron chi connectivity index (χ1n) is 5.74. The topological polar surface area (TPSA) is 84.9 Å². The average Bonchev–Trinajstić information content (AvgIpc) is 2.52. The molecular weight excluding hydrogens is 252 g/mol. The van der Waals surface area contributed by atoms with Crippen LogP contribution < -0.4 is 5.32 Å². The molecule has 106 valence electrons. The highest BCUT2D eigenvalue weighted by molar-refractivity contribution is 6.12. The van der Waals surface area contributed by atoms with Crippen LogP contribution in [-0.2, 0) is 23.9 Å². The Hall–Kier alpha value is -1.89. The van der Waals surface area contributed by atoms with Gasteiger partial charge in [0.2, 0.25) is 17.5 Å². The number of ketones is 1. The largest absolute Gasteiger partial charge is 0.445 e. The minimum Gasteiger partial charge on any atom is -0.445 e. The number of likely N-dealkylation sites (N-methyl/N-ethyl adjacent to an activating group) is 2. The van der Waals surface area contributed by atoms with Gasteiger partial charge in [-0.05, 0) is 7.05 Å². The molecule has 1 fully saturated rings. The van der Waals surface area contributed by atoms with Gasteiger partial charge in [-0.3, -0.25) is 9.59 Å². The number of carbonyl (C=O) groups excluding carboxylic acids is 3. The van der Waals surface area contributed by atoms with Gasteiger partial charge in [0.25, 0.3) is 0 Å². The zero-order chi connectivity index (χ0) is 14.8. The van der Waals surface area contributed by atoms with Crippen LogP contribution >= 0.6 is 0 Å². The molecule has 0 aliphatic carbocycles. The van der Waals surface area contributed by atoms with Crippen molar-refractivity contribution in [1.82, 2.24) is 10.2 Å². The molecule has 1 atom stereocenters. The summed E-state index contributed by atoms with van der Waals surface area (Å²) in [6.07, 6.45) is 0.986. The molecule has 0 bridgehead atoms. The van der Waals surface area contributed by atoms with E-state index in [1.165, 1.54) is 26.0 Å². The lowest BCUT2D eigenvalue weighted by Gasteiger charge is -2.17. The van der Waals surface area contributed by atoms with Crippen LogP contribution in [0.1, 0.15) is 13.8 Å².